The Hall–Kier alpha value is 0.160. The molecule has 0 N–H and O–H groups in total. The molecule has 0 saturated heterocycles. The van der Waals surface area contributed by atoms with Crippen LogP contribution in [0.3, 0.4) is 0 Å². The van der Waals surface area contributed by atoms with E-state index in [1.165, 1.54) is 0 Å². The van der Waals surface area contributed by atoms with Crippen molar-refractivity contribution in [2.75, 3.05) is 0 Å². The van der Waals surface area contributed by atoms with Gasteiger partial charge in [-0.05, 0) is 0 Å². The van der Waals surface area contributed by atoms with Gasteiger partial charge in [-0.25, -0.2) is 8.78 Å². The fraction of sp³-hybridized carbons (Fsp3) is 1.00. The van der Waals surface area contributed by atoms with Crippen LogP contribution in [0, 0.1) is 0 Å². The second kappa shape index (κ2) is 1.97. The lowest BCUT2D eigenvalue weighted by molar-refractivity contribution is -0.384. The quantitative estimate of drug-likeness (QED) is 0.445. The summed E-state index contributed by atoms with van der Waals surface area (Å²) in [5, 5.41) is -9.13. The molecule has 1 saturated carbocycles. The SMILES string of the molecule is FC1(F)C(F)(F)[C@@](F)(Cl)[C@@]1(F)Cl. The smallest absolute Gasteiger partial charge is 0.214 e. The van der Waals surface area contributed by atoms with Crippen LogP contribution in [-0.4, -0.2) is 22.1 Å². The molecule has 1 aliphatic carbocycles. The molecule has 0 aliphatic heterocycles. The van der Waals surface area contributed by atoms with Crippen LogP contribution in [0.2, 0.25) is 0 Å². The molecule has 0 spiro atoms. The largest absolute Gasteiger partial charge is 0.366 e. The standard InChI is InChI=1S/C4Cl2F6/c5-1(7)2(6,8)4(11,12)3(1,9)10/t1-,2+. The molecular weight excluding hydrogens is 233 g/mol. The molecule has 72 valence electrons. The number of rotatable bonds is 0. The van der Waals surface area contributed by atoms with Crippen LogP contribution in [0.1, 0.15) is 0 Å². The van der Waals surface area contributed by atoms with E-state index in [-0.39, 0.29) is 0 Å². The van der Waals surface area contributed by atoms with E-state index < -0.39 is 22.1 Å². The zero-order chi connectivity index (χ0) is 10.0. The summed E-state index contributed by atoms with van der Waals surface area (Å²) >= 11 is 8.34. The van der Waals surface area contributed by atoms with Crippen molar-refractivity contribution in [3.05, 3.63) is 0 Å². The van der Waals surface area contributed by atoms with Crippen molar-refractivity contribution in [3.8, 4) is 0 Å². The summed E-state index contributed by atoms with van der Waals surface area (Å²) in [6.45, 7) is 0. The summed E-state index contributed by atoms with van der Waals surface area (Å²) in [6, 6.07) is 0. The minimum atomic E-state index is -5.29. The van der Waals surface area contributed by atoms with Gasteiger partial charge in [-0.15, -0.1) is 0 Å². The van der Waals surface area contributed by atoms with E-state index >= 15 is 0 Å². The molecule has 0 radical (unpaired) electrons. The van der Waals surface area contributed by atoms with Crippen molar-refractivity contribution in [1.29, 1.82) is 0 Å². The first-order valence-corrected chi connectivity index (χ1v) is 3.27. The van der Waals surface area contributed by atoms with E-state index in [9.17, 15) is 26.3 Å². The van der Waals surface area contributed by atoms with E-state index in [1.54, 1.807) is 0 Å². The summed E-state index contributed by atoms with van der Waals surface area (Å²) in [7, 11) is 0. The van der Waals surface area contributed by atoms with Crippen LogP contribution in [0.15, 0.2) is 0 Å². The first-order valence-electron chi connectivity index (χ1n) is 2.51. The van der Waals surface area contributed by atoms with Crippen molar-refractivity contribution in [1.82, 2.24) is 0 Å². The lowest BCUT2D eigenvalue weighted by Gasteiger charge is -2.51. The maximum absolute atomic E-state index is 12.3. The van der Waals surface area contributed by atoms with Gasteiger partial charge in [0.2, 0.25) is 0 Å². The molecule has 2 atom stereocenters. The Morgan fingerprint density at radius 3 is 0.833 bits per heavy atom. The van der Waals surface area contributed by atoms with Gasteiger partial charge < -0.3 is 0 Å². The lowest BCUT2D eigenvalue weighted by atomic mass is 9.83. The van der Waals surface area contributed by atoms with E-state index in [1.807, 2.05) is 0 Å². The summed E-state index contributed by atoms with van der Waals surface area (Å²) in [5.41, 5.74) is 0. The minimum absolute atomic E-state index is 4.17. The third kappa shape index (κ3) is 0.652. The Bertz CT molecular complexity index is 158. The Balaban J connectivity index is 3.16. The van der Waals surface area contributed by atoms with Gasteiger partial charge in [0.1, 0.15) is 0 Å². The third-order valence-corrected chi connectivity index (χ3v) is 2.67. The Morgan fingerprint density at radius 1 is 0.583 bits per heavy atom. The van der Waals surface area contributed by atoms with Crippen molar-refractivity contribution in [2.24, 2.45) is 0 Å². The molecule has 0 aromatic heterocycles. The van der Waals surface area contributed by atoms with Gasteiger partial charge in [-0.3, -0.25) is 0 Å². The van der Waals surface area contributed by atoms with Gasteiger partial charge in [-0.2, -0.15) is 17.6 Å². The van der Waals surface area contributed by atoms with Gasteiger partial charge >= 0.3 is 22.1 Å². The fourth-order valence-corrected chi connectivity index (χ4v) is 1.20. The number of hydrogen-bond acceptors (Lipinski definition) is 0. The average Bonchev–Trinajstić information content (AvgIpc) is 1.84. The van der Waals surface area contributed by atoms with E-state index in [0.717, 1.165) is 0 Å². The van der Waals surface area contributed by atoms with Crippen LogP contribution in [0.5, 0.6) is 0 Å². The Kier molecular flexibility index (Phi) is 1.68. The van der Waals surface area contributed by atoms with Gasteiger partial charge in [-0.1, -0.05) is 23.2 Å². The molecular formula is C4Cl2F6. The summed E-state index contributed by atoms with van der Waals surface area (Å²) < 4.78 is 72.6. The van der Waals surface area contributed by atoms with Gasteiger partial charge in [0.25, 0.3) is 0 Å². The molecule has 0 aromatic rings. The molecule has 1 aliphatic rings. The molecule has 0 bridgehead atoms. The zero-order valence-corrected chi connectivity index (χ0v) is 6.54. The highest BCUT2D eigenvalue weighted by atomic mass is 35.5. The first kappa shape index (κ1) is 10.2. The summed E-state index contributed by atoms with van der Waals surface area (Å²) in [6.07, 6.45) is 0. The zero-order valence-electron chi connectivity index (χ0n) is 5.02. The second-order valence-electron chi connectivity index (χ2n) is 2.30. The van der Waals surface area contributed by atoms with Crippen LogP contribution < -0.4 is 0 Å². The van der Waals surface area contributed by atoms with Crippen LogP contribution in [0.4, 0.5) is 26.3 Å². The van der Waals surface area contributed by atoms with Crippen molar-refractivity contribution in [3.63, 3.8) is 0 Å². The molecule has 0 heterocycles. The van der Waals surface area contributed by atoms with Gasteiger partial charge in [0.05, 0.1) is 0 Å². The molecule has 0 nitrogen and oxygen atoms in total. The van der Waals surface area contributed by atoms with Crippen molar-refractivity contribution >= 4 is 23.2 Å². The lowest BCUT2D eigenvalue weighted by Crippen LogP contribution is -2.81. The second-order valence-corrected chi connectivity index (χ2v) is 3.34. The maximum atomic E-state index is 12.3. The molecule has 1 fully saturated rings. The summed E-state index contributed by atoms with van der Waals surface area (Å²) in [4.78, 5) is 0. The van der Waals surface area contributed by atoms with Crippen LogP contribution in [0.25, 0.3) is 0 Å². The highest BCUT2D eigenvalue weighted by Gasteiger charge is 2.98. The number of hydrogen-bond donors (Lipinski definition) is 0. The molecule has 1 rings (SSSR count). The van der Waals surface area contributed by atoms with E-state index in [2.05, 4.69) is 23.2 Å². The molecule has 0 aromatic carbocycles. The highest BCUT2D eigenvalue weighted by molar-refractivity contribution is 6.36. The average molecular weight is 233 g/mol. The first-order chi connectivity index (χ1) is 5.00. The Labute approximate surface area is 72.4 Å². The predicted molar refractivity (Wildman–Crippen MR) is 29.3 cm³/mol. The van der Waals surface area contributed by atoms with Gasteiger partial charge in [0.15, 0.2) is 0 Å². The predicted octanol–water partition coefficient (Wildman–Crippen LogP) is 3.08. The monoisotopic (exact) mass is 232 g/mol. The van der Waals surface area contributed by atoms with E-state index in [0.29, 0.717) is 0 Å². The molecule has 0 amide bonds. The number of alkyl halides is 8. The topological polar surface area (TPSA) is 0 Å². The van der Waals surface area contributed by atoms with Crippen molar-refractivity contribution in [2.45, 2.75) is 22.1 Å². The normalized spacial score (nSPS) is 50.0. The fourth-order valence-electron chi connectivity index (χ4n) is 0.726. The van der Waals surface area contributed by atoms with Crippen LogP contribution >= 0.6 is 23.2 Å². The molecule has 0 unspecified atom stereocenters. The highest BCUT2D eigenvalue weighted by Crippen LogP contribution is 2.71. The third-order valence-electron chi connectivity index (χ3n) is 1.58. The van der Waals surface area contributed by atoms with Crippen LogP contribution in [-0.2, 0) is 0 Å². The summed E-state index contributed by atoms with van der Waals surface area (Å²) in [5.74, 6) is -10.6. The molecule has 8 heteroatoms. The van der Waals surface area contributed by atoms with Gasteiger partial charge in [0, 0.05) is 0 Å². The number of halogens is 8. The molecule has 12 heavy (non-hydrogen) atoms. The Morgan fingerprint density at radius 2 is 0.750 bits per heavy atom. The minimum Gasteiger partial charge on any atom is -0.214 e. The maximum Gasteiger partial charge on any atom is 0.366 e. The van der Waals surface area contributed by atoms with E-state index in [4.69, 9.17) is 0 Å². The van der Waals surface area contributed by atoms with Crippen molar-refractivity contribution < 1.29 is 26.3 Å².